The van der Waals surface area contributed by atoms with Crippen LogP contribution in [0, 0.1) is 22.7 Å². The predicted octanol–water partition coefficient (Wildman–Crippen LogP) is 4.99. The van der Waals surface area contributed by atoms with E-state index in [1.165, 1.54) is 37.7 Å². The number of hydrogen-bond donors (Lipinski definition) is 0. The van der Waals surface area contributed by atoms with Crippen LogP contribution in [0.4, 0.5) is 0 Å². The Morgan fingerprint density at radius 1 is 1.10 bits per heavy atom. The average molecular weight is 282 g/mol. The van der Waals surface area contributed by atoms with Crippen LogP contribution in [-0.4, -0.2) is 5.78 Å². The van der Waals surface area contributed by atoms with Gasteiger partial charge in [0.1, 0.15) is 0 Å². The molecule has 0 bridgehead atoms. The minimum absolute atomic E-state index is 0.141. The van der Waals surface area contributed by atoms with Crippen molar-refractivity contribution in [2.24, 2.45) is 22.7 Å². The van der Waals surface area contributed by atoms with Gasteiger partial charge in [0.25, 0.3) is 0 Å². The van der Waals surface area contributed by atoms with Crippen molar-refractivity contribution < 1.29 is 4.79 Å². The fourth-order valence-electron chi connectivity index (χ4n) is 5.68. The lowest BCUT2D eigenvalue weighted by Gasteiger charge is -2.50. The summed E-state index contributed by atoms with van der Waals surface area (Å²) >= 11 is 0. The third kappa shape index (κ3) is 1.79. The van der Waals surface area contributed by atoms with Crippen molar-refractivity contribution in [2.45, 2.75) is 59.3 Å². The third-order valence-electron chi connectivity index (χ3n) is 6.96. The lowest BCUT2D eigenvalue weighted by atomic mass is 9.53. The van der Waals surface area contributed by atoms with Gasteiger partial charge >= 0.3 is 0 Å². The Morgan fingerprint density at radius 2 is 1.90 bits per heavy atom. The minimum Gasteiger partial charge on any atom is -0.290 e. The van der Waals surface area contributed by atoms with Crippen molar-refractivity contribution in [2.75, 3.05) is 0 Å². The number of hydrogen-bond acceptors (Lipinski definition) is 1. The van der Waals surface area contributed by atoms with Gasteiger partial charge in [0.15, 0.2) is 5.78 Å². The first-order valence-electron chi connectivity index (χ1n) is 8.58. The van der Waals surface area contributed by atoms with Crippen molar-refractivity contribution in [3.05, 3.63) is 34.9 Å². The molecule has 0 amide bonds. The molecule has 112 valence electrons. The molecule has 1 saturated carbocycles. The van der Waals surface area contributed by atoms with Gasteiger partial charge < -0.3 is 0 Å². The van der Waals surface area contributed by atoms with Gasteiger partial charge in [-0.1, -0.05) is 43.6 Å². The number of ketones is 1. The summed E-state index contributed by atoms with van der Waals surface area (Å²) in [4.78, 5) is 11.7. The summed E-state index contributed by atoms with van der Waals surface area (Å²) < 4.78 is 0. The van der Waals surface area contributed by atoms with Crippen molar-refractivity contribution in [3.63, 3.8) is 0 Å². The average Bonchev–Trinajstić information content (AvgIpc) is 2.76. The second-order valence-electron chi connectivity index (χ2n) is 8.37. The summed E-state index contributed by atoms with van der Waals surface area (Å²) in [5, 5.41) is 0. The highest BCUT2D eigenvalue weighted by Crippen LogP contribution is 2.61. The maximum Gasteiger partial charge on any atom is 0.178 e. The zero-order valence-corrected chi connectivity index (χ0v) is 13.5. The van der Waals surface area contributed by atoms with Crippen LogP contribution in [0.5, 0.6) is 0 Å². The summed E-state index contributed by atoms with van der Waals surface area (Å²) in [5.41, 5.74) is 5.58. The topological polar surface area (TPSA) is 17.1 Å². The van der Waals surface area contributed by atoms with Crippen LogP contribution >= 0.6 is 0 Å². The van der Waals surface area contributed by atoms with E-state index in [0.717, 1.165) is 18.3 Å². The maximum atomic E-state index is 11.7. The first kappa shape index (κ1) is 13.5. The molecular formula is C20H26O. The van der Waals surface area contributed by atoms with Gasteiger partial charge in [-0.05, 0) is 67.9 Å². The Hall–Kier alpha value is -1.11. The molecule has 4 aliphatic carbocycles. The molecule has 0 saturated heterocycles. The van der Waals surface area contributed by atoms with E-state index in [9.17, 15) is 4.79 Å². The fraction of sp³-hybridized carbons (Fsp3) is 0.650. The Labute approximate surface area is 128 Å². The smallest absolute Gasteiger partial charge is 0.178 e. The molecule has 0 aromatic heterocycles. The summed E-state index contributed by atoms with van der Waals surface area (Å²) in [7, 11) is 0. The van der Waals surface area contributed by atoms with Gasteiger partial charge in [-0.15, -0.1) is 0 Å². The lowest BCUT2D eigenvalue weighted by Crippen LogP contribution is -2.41. The Balaban J connectivity index is 1.75. The molecule has 0 aliphatic heterocycles. The third-order valence-corrected chi connectivity index (χ3v) is 6.96. The van der Waals surface area contributed by atoms with Crippen molar-refractivity contribution >= 4 is 5.78 Å². The van der Waals surface area contributed by atoms with E-state index >= 15 is 0 Å². The van der Waals surface area contributed by atoms with E-state index < -0.39 is 0 Å². The van der Waals surface area contributed by atoms with E-state index in [0.29, 0.717) is 5.41 Å². The monoisotopic (exact) mass is 282 g/mol. The van der Waals surface area contributed by atoms with Crippen LogP contribution < -0.4 is 0 Å². The summed E-state index contributed by atoms with van der Waals surface area (Å²) in [6.45, 7) is 7.25. The highest BCUT2D eigenvalue weighted by Gasteiger charge is 2.50. The van der Waals surface area contributed by atoms with Gasteiger partial charge in [-0.3, -0.25) is 4.79 Å². The molecule has 0 N–H and O–H groups in total. The summed E-state index contributed by atoms with van der Waals surface area (Å²) in [6, 6.07) is 0. The van der Waals surface area contributed by atoms with Crippen molar-refractivity contribution in [1.82, 2.24) is 0 Å². The normalized spacial score (nSPS) is 40.5. The number of fused-ring (bicyclic) bond motifs is 4. The van der Waals surface area contributed by atoms with Crippen LogP contribution in [0.25, 0.3) is 0 Å². The standard InChI is InChI=1S/C20H26O/c1-19(2)10-9-16-15-5-4-13-12-14(21)8-11-20(13,3)18(15)7-6-17(16)19/h8,11-12,15,18H,4-7,9-10H2,1-3H3/t15-,18-,20-/m0/s1. The number of carbonyl (C=O) groups is 1. The Bertz CT molecular complexity index is 601. The maximum absolute atomic E-state index is 11.7. The molecule has 0 aromatic rings. The molecule has 4 rings (SSSR count). The van der Waals surface area contributed by atoms with Crippen LogP contribution in [0.15, 0.2) is 34.9 Å². The van der Waals surface area contributed by atoms with E-state index in [-0.39, 0.29) is 11.2 Å². The van der Waals surface area contributed by atoms with E-state index in [4.69, 9.17) is 0 Å². The SMILES string of the molecule is CC1(C)CCC2=C1CC[C@H]1[C@H]2CCC2=CC(=O)C=C[C@@]21C. The second kappa shape index (κ2) is 4.21. The van der Waals surface area contributed by atoms with Gasteiger partial charge in [0.05, 0.1) is 0 Å². The number of allylic oxidation sites excluding steroid dienone is 6. The molecule has 1 heteroatoms. The quantitative estimate of drug-likeness (QED) is 0.572. The van der Waals surface area contributed by atoms with E-state index in [1.807, 2.05) is 17.7 Å². The van der Waals surface area contributed by atoms with Crippen LogP contribution in [0.1, 0.15) is 59.3 Å². The molecule has 0 unspecified atom stereocenters. The molecule has 0 aromatic carbocycles. The fourth-order valence-corrected chi connectivity index (χ4v) is 5.68. The summed E-state index contributed by atoms with van der Waals surface area (Å²) in [5.74, 6) is 1.68. The Morgan fingerprint density at radius 3 is 2.71 bits per heavy atom. The lowest BCUT2D eigenvalue weighted by molar-refractivity contribution is -0.110. The highest BCUT2D eigenvalue weighted by atomic mass is 16.1. The van der Waals surface area contributed by atoms with Crippen molar-refractivity contribution in [1.29, 1.82) is 0 Å². The largest absolute Gasteiger partial charge is 0.290 e. The molecule has 1 nitrogen and oxygen atoms in total. The molecule has 0 heterocycles. The molecule has 0 radical (unpaired) electrons. The summed E-state index contributed by atoms with van der Waals surface area (Å²) in [6.07, 6.45) is 13.6. The zero-order chi connectivity index (χ0) is 14.8. The highest BCUT2D eigenvalue weighted by molar-refractivity contribution is 6.01. The van der Waals surface area contributed by atoms with Gasteiger partial charge in [-0.2, -0.15) is 0 Å². The first-order chi connectivity index (χ1) is 9.92. The molecule has 1 fully saturated rings. The van der Waals surface area contributed by atoms with Crippen LogP contribution in [0.3, 0.4) is 0 Å². The van der Waals surface area contributed by atoms with E-state index in [2.05, 4.69) is 26.8 Å². The van der Waals surface area contributed by atoms with Gasteiger partial charge in [0, 0.05) is 5.41 Å². The van der Waals surface area contributed by atoms with Crippen LogP contribution in [-0.2, 0) is 4.79 Å². The van der Waals surface area contributed by atoms with Crippen molar-refractivity contribution in [3.8, 4) is 0 Å². The second-order valence-corrected chi connectivity index (χ2v) is 8.37. The zero-order valence-electron chi connectivity index (χ0n) is 13.5. The number of carbonyl (C=O) groups excluding carboxylic acids is 1. The minimum atomic E-state index is 0.141. The van der Waals surface area contributed by atoms with Gasteiger partial charge in [0.2, 0.25) is 0 Å². The van der Waals surface area contributed by atoms with Crippen LogP contribution in [0.2, 0.25) is 0 Å². The molecule has 3 atom stereocenters. The van der Waals surface area contributed by atoms with Gasteiger partial charge in [-0.25, -0.2) is 0 Å². The Kier molecular flexibility index (Phi) is 2.72. The van der Waals surface area contributed by atoms with E-state index in [1.54, 1.807) is 5.57 Å². The number of rotatable bonds is 0. The predicted molar refractivity (Wildman–Crippen MR) is 85.8 cm³/mol. The molecular weight excluding hydrogens is 256 g/mol. The molecule has 4 aliphatic rings. The molecule has 0 spiro atoms. The molecule has 21 heavy (non-hydrogen) atoms. The first-order valence-corrected chi connectivity index (χ1v) is 8.58.